The molecule has 4 heteroatoms. The van der Waals surface area contributed by atoms with E-state index in [2.05, 4.69) is 17.3 Å². The van der Waals surface area contributed by atoms with Gasteiger partial charge < -0.3 is 5.32 Å². The fraction of sp³-hybridized carbons (Fsp3) is 0.308. The third-order valence-corrected chi connectivity index (χ3v) is 2.56. The van der Waals surface area contributed by atoms with E-state index in [1.807, 2.05) is 6.07 Å². The molecule has 0 fully saturated rings. The summed E-state index contributed by atoms with van der Waals surface area (Å²) < 4.78 is 15.2. The fourth-order valence-corrected chi connectivity index (χ4v) is 1.65. The Kier molecular flexibility index (Phi) is 3.75. The number of benzene rings is 1. The Hall–Kier alpha value is -1.84. The smallest absolute Gasteiger partial charge is 0.148 e. The molecular formula is C13H16FN3. The summed E-state index contributed by atoms with van der Waals surface area (Å²) in [4.78, 5) is 0. The Labute approximate surface area is 100 Å². The highest BCUT2D eigenvalue weighted by Crippen LogP contribution is 2.17. The molecule has 90 valence electrons. The molecule has 0 aliphatic heterocycles. The minimum absolute atomic E-state index is 0.269. The molecule has 2 aromatic rings. The maximum atomic E-state index is 13.6. The van der Waals surface area contributed by atoms with Crippen LogP contribution in [0.15, 0.2) is 36.5 Å². The molecule has 1 aromatic heterocycles. The van der Waals surface area contributed by atoms with Crippen molar-refractivity contribution in [3.63, 3.8) is 0 Å². The highest BCUT2D eigenvalue weighted by atomic mass is 19.1. The van der Waals surface area contributed by atoms with Gasteiger partial charge >= 0.3 is 0 Å². The van der Waals surface area contributed by atoms with Gasteiger partial charge in [-0.05, 0) is 18.6 Å². The van der Waals surface area contributed by atoms with E-state index >= 15 is 0 Å². The van der Waals surface area contributed by atoms with Gasteiger partial charge in [0.05, 0.1) is 6.20 Å². The first-order valence-electron chi connectivity index (χ1n) is 5.85. The third kappa shape index (κ3) is 2.64. The van der Waals surface area contributed by atoms with Gasteiger partial charge in [-0.25, -0.2) is 9.07 Å². The van der Waals surface area contributed by atoms with E-state index in [9.17, 15) is 4.39 Å². The van der Waals surface area contributed by atoms with Crippen LogP contribution in [0.4, 0.5) is 10.2 Å². The number of nitrogens with one attached hydrogen (secondary N) is 1. The monoisotopic (exact) mass is 233 g/mol. The molecule has 1 heterocycles. The van der Waals surface area contributed by atoms with Crippen molar-refractivity contribution < 1.29 is 4.39 Å². The van der Waals surface area contributed by atoms with Crippen molar-refractivity contribution in [1.82, 2.24) is 9.78 Å². The predicted octanol–water partition coefficient (Wildman–Crippen LogP) is 3.22. The van der Waals surface area contributed by atoms with Gasteiger partial charge in [-0.3, -0.25) is 0 Å². The van der Waals surface area contributed by atoms with Crippen LogP contribution < -0.4 is 5.32 Å². The summed E-state index contributed by atoms with van der Waals surface area (Å²) in [5.41, 5.74) is 0.469. The first-order chi connectivity index (χ1) is 8.33. The summed E-state index contributed by atoms with van der Waals surface area (Å²) in [6.45, 7) is 3.01. The first kappa shape index (κ1) is 11.6. The molecule has 0 unspecified atom stereocenters. The summed E-state index contributed by atoms with van der Waals surface area (Å²) in [6.07, 6.45) is 3.88. The molecule has 1 N–H and O–H groups in total. The number of halogens is 1. The molecule has 17 heavy (non-hydrogen) atoms. The van der Waals surface area contributed by atoms with Gasteiger partial charge in [0.15, 0.2) is 0 Å². The van der Waals surface area contributed by atoms with Crippen LogP contribution in [0, 0.1) is 5.82 Å². The van der Waals surface area contributed by atoms with Gasteiger partial charge in [0.25, 0.3) is 0 Å². The van der Waals surface area contributed by atoms with Crippen LogP contribution in [0.3, 0.4) is 0 Å². The maximum absolute atomic E-state index is 13.6. The van der Waals surface area contributed by atoms with Gasteiger partial charge in [0.2, 0.25) is 0 Å². The average Bonchev–Trinajstić information content (AvgIpc) is 2.78. The summed E-state index contributed by atoms with van der Waals surface area (Å²) in [5, 5.41) is 7.39. The highest BCUT2D eigenvalue weighted by Gasteiger charge is 2.07. The van der Waals surface area contributed by atoms with Crippen LogP contribution in [0.5, 0.6) is 0 Å². The van der Waals surface area contributed by atoms with Crippen molar-refractivity contribution in [2.45, 2.75) is 19.8 Å². The molecule has 0 radical (unpaired) electrons. The first-order valence-corrected chi connectivity index (χ1v) is 5.85. The Morgan fingerprint density at radius 3 is 2.88 bits per heavy atom. The number of anilines is 1. The van der Waals surface area contributed by atoms with E-state index in [4.69, 9.17) is 0 Å². The number of para-hydroxylation sites is 1. The number of rotatable bonds is 5. The largest absolute Gasteiger partial charge is 0.370 e. The Morgan fingerprint density at radius 2 is 2.12 bits per heavy atom. The second-order valence-corrected chi connectivity index (χ2v) is 3.86. The minimum atomic E-state index is -0.269. The number of hydrogen-bond acceptors (Lipinski definition) is 2. The molecule has 0 amide bonds. The fourth-order valence-electron chi connectivity index (χ4n) is 1.65. The Morgan fingerprint density at radius 1 is 1.29 bits per heavy atom. The number of aromatic nitrogens is 2. The van der Waals surface area contributed by atoms with Crippen molar-refractivity contribution >= 4 is 5.82 Å². The zero-order valence-corrected chi connectivity index (χ0v) is 9.86. The molecule has 0 aliphatic rings. The van der Waals surface area contributed by atoms with Gasteiger partial charge in [-0.2, -0.15) is 5.10 Å². The summed E-state index contributed by atoms with van der Waals surface area (Å²) in [7, 11) is 0. The second-order valence-electron chi connectivity index (χ2n) is 3.86. The predicted molar refractivity (Wildman–Crippen MR) is 66.9 cm³/mol. The second kappa shape index (κ2) is 5.48. The van der Waals surface area contributed by atoms with E-state index in [0.29, 0.717) is 5.69 Å². The lowest BCUT2D eigenvalue weighted by atomic mass is 10.3. The van der Waals surface area contributed by atoms with Crippen LogP contribution in [-0.2, 0) is 0 Å². The zero-order valence-electron chi connectivity index (χ0n) is 9.86. The molecule has 0 saturated carbocycles. The molecule has 0 atom stereocenters. The summed E-state index contributed by atoms with van der Waals surface area (Å²) in [6, 6.07) is 8.48. The molecule has 0 aliphatic carbocycles. The van der Waals surface area contributed by atoms with Crippen LogP contribution in [0.1, 0.15) is 19.8 Å². The Bertz CT molecular complexity index is 479. The number of hydrogen-bond donors (Lipinski definition) is 1. The molecular weight excluding hydrogens is 217 g/mol. The molecule has 3 nitrogen and oxygen atoms in total. The minimum Gasteiger partial charge on any atom is -0.370 e. The van der Waals surface area contributed by atoms with E-state index in [1.165, 1.54) is 6.07 Å². The van der Waals surface area contributed by atoms with Crippen molar-refractivity contribution in [3.05, 3.63) is 42.3 Å². The van der Waals surface area contributed by atoms with Crippen LogP contribution in [0.25, 0.3) is 5.69 Å². The number of unbranched alkanes of at least 4 members (excludes halogenated alkanes) is 1. The van der Waals surface area contributed by atoms with Crippen molar-refractivity contribution in [3.8, 4) is 5.69 Å². The Balaban J connectivity index is 2.22. The summed E-state index contributed by atoms with van der Waals surface area (Å²) in [5.74, 6) is 0.554. The van der Waals surface area contributed by atoms with E-state index < -0.39 is 0 Å². The molecule has 1 aromatic carbocycles. The topological polar surface area (TPSA) is 29.9 Å². The van der Waals surface area contributed by atoms with Gasteiger partial charge in [-0.1, -0.05) is 25.5 Å². The van der Waals surface area contributed by atoms with Crippen LogP contribution >= 0.6 is 0 Å². The number of nitrogens with zero attached hydrogens (tertiary/aromatic N) is 2. The highest BCUT2D eigenvalue weighted by molar-refractivity contribution is 5.44. The SMILES string of the molecule is CCCCNc1ccnn1-c1ccccc1F. The lowest BCUT2D eigenvalue weighted by molar-refractivity contribution is 0.611. The third-order valence-electron chi connectivity index (χ3n) is 2.56. The quantitative estimate of drug-likeness (QED) is 0.803. The van der Waals surface area contributed by atoms with E-state index in [0.717, 1.165) is 25.2 Å². The van der Waals surface area contributed by atoms with Crippen molar-refractivity contribution in [2.75, 3.05) is 11.9 Å². The molecule has 2 rings (SSSR count). The molecule has 0 spiro atoms. The van der Waals surface area contributed by atoms with Crippen LogP contribution in [-0.4, -0.2) is 16.3 Å². The van der Waals surface area contributed by atoms with Gasteiger partial charge in [0.1, 0.15) is 17.3 Å². The lowest BCUT2D eigenvalue weighted by Crippen LogP contribution is -2.08. The van der Waals surface area contributed by atoms with Crippen LogP contribution in [0.2, 0.25) is 0 Å². The van der Waals surface area contributed by atoms with E-state index in [1.54, 1.807) is 29.1 Å². The standard InChI is InChI=1S/C13H16FN3/c1-2-3-9-15-13-8-10-16-17(13)12-7-5-4-6-11(12)14/h4-8,10,15H,2-3,9H2,1H3. The maximum Gasteiger partial charge on any atom is 0.148 e. The van der Waals surface area contributed by atoms with Gasteiger partial charge in [-0.15, -0.1) is 0 Å². The van der Waals surface area contributed by atoms with Crippen molar-refractivity contribution in [2.24, 2.45) is 0 Å². The molecule has 0 bridgehead atoms. The summed E-state index contributed by atoms with van der Waals surface area (Å²) >= 11 is 0. The lowest BCUT2D eigenvalue weighted by Gasteiger charge is -2.09. The van der Waals surface area contributed by atoms with Gasteiger partial charge in [0, 0.05) is 12.6 Å². The zero-order chi connectivity index (χ0) is 12.1. The molecule has 0 saturated heterocycles. The van der Waals surface area contributed by atoms with E-state index in [-0.39, 0.29) is 5.82 Å². The van der Waals surface area contributed by atoms with Crippen molar-refractivity contribution in [1.29, 1.82) is 0 Å². The average molecular weight is 233 g/mol. The normalized spacial score (nSPS) is 10.5.